The van der Waals surface area contributed by atoms with E-state index in [-0.39, 0.29) is 12.4 Å². The number of benzene rings is 1. The van der Waals surface area contributed by atoms with Crippen molar-refractivity contribution in [2.45, 2.75) is 24.8 Å². The Balaban J connectivity index is 2.15. The first-order chi connectivity index (χ1) is 8.26. The lowest BCUT2D eigenvalue weighted by Crippen LogP contribution is -2.42. The summed E-state index contributed by atoms with van der Waals surface area (Å²) in [5.74, 6) is -0.287. The highest BCUT2D eigenvalue weighted by Crippen LogP contribution is 2.27. The highest BCUT2D eigenvalue weighted by Gasteiger charge is 2.31. The average molecular weight is 239 g/mol. The number of aliphatic hydroxyl groups is 1. The molecule has 17 heavy (non-hydrogen) atoms. The second kappa shape index (κ2) is 5.47. The standard InChI is InChI=1S/C13H18FNO2/c14-11-4-1-2-5-12(11)15-13(10-16)6-3-8-17-9-7-13/h1-2,4-5,15-16H,3,6-10H2. The average Bonchev–Trinajstić information content (AvgIpc) is 2.58. The Kier molecular flexibility index (Phi) is 3.97. The molecule has 1 heterocycles. The predicted molar refractivity (Wildman–Crippen MR) is 64.5 cm³/mol. The van der Waals surface area contributed by atoms with Gasteiger partial charge < -0.3 is 15.2 Å². The van der Waals surface area contributed by atoms with Gasteiger partial charge in [0.2, 0.25) is 0 Å². The van der Waals surface area contributed by atoms with Crippen LogP contribution in [0.25, 0.3) is 0 Å². The van der Waals surface area contributed by atoms with Crippen LogP contribution in [0.3, 0.4) is 0 Å². The van der Waals surface area contributed by atoms with Crippen LogP contribution in [0.2, 0.25) is 0 Å². The molecule has 1 aliphatic rings. The largest absolute Gasteiger partial charge is 0.394 e. The van der Waals surface area contributed by atoms with Crippen LogP contribution in [0.1, 0.15) is 19.3 Å². The van der Waals surface area contributed by atoms with Gasteiger partial charge in [-0.1, -0.05) is 12.1 Å². The van der Waals surface area contributed by atoms with Crippen molar-refractivity contribution in [2.75, 3.05) is 25.1 Å². The second-order valence-electron chi connectivity index (χ2n) is 4.51. The molecule has 0 spiro atoms. The number of rotatable bonds is 3. The van der Waals surface area contributed by atoms with Gasteiger partial charge in [0, 0.05) is 13.2 Å². The molecule has 0 aromatic heterocycles. The van der Waals surface area contributed by atoms with E-state index < -0.39 is 5.54 Å². The van der Waals surface area contributed by atoms with Crippen LogP contribution in [0.15, 0.2) is 24.3 Å². The lowest BCUT2D eigenvalue weighted by Gasteiger charge is -2.32. The van der Waals surface area contributed by atoms with E-state index in [9.17, 15) is 9.50 Å². The van der Waals surface area contributed by atoms with Gasteiger partial charge in [0.05, 0.1) is 17.8 Å². The van der Waals surface area contributed by atoms with E-state index in [2.05, 4.69) is 5.32 Å². The third-order valence-corrected chi connectivity index (χ3v) is 3.25. The van der Waals surface area contributed by atoms with Gasteiger partial charge in [-0.15, -0.1) is 0 Å². The van der Waals surface area contributed by atoms with Gasteiger partial charge in [0.25, 0.3) is 0 Å². The third-order valence-electron chi connectivity index (χ3n) is 3.25. The maximum absolute atomic E-state index is 13.6. The molecule has 4 heteroatoms. The van der Waals surface area contributed by atoms with Gasteiger partial charge in [-0.05, 0) is 31.4 Å². The van der Waals surface area contributed by atoms with Crippen LogP contribution in [0.5, 0.6) is 0 Å². The zero-order valence-electron chi connectivity index (χ0n) is 9.79. The molecule has 0 aliphatic carbocycles. The molecule has 1 saturated heterocycles. The molecule has 1 unspecified atom stereocenters. The molecule has 1 atom stereocenters. The summed E-state index contributed by atoms with van der Waals surface area (Å²) in [6.07, 6.45) is 2.36. The first-order valence-corrected chi connectivity index (χ1v) is 5.97. The molecule has 94 valence electrons. The van der Waals surface area contributed by atoms with E-state index in [1.54, 1.807) is 18.2 Å². The van der Waals surface area contributed by atoms with Gasteiger partial charge in [-0.25, -0.2) is 4.39 Å². The lowest BCUT2D eigenvalue weighted by atomic mass is 9.91. The van der Waals surface area contributed by atoms with Gasteiger partial charge >= 0.3 is 0 Å². The van der Waals surface area contributed by atoms with Crippen LogP contribution in [0, 0.1) is 5.82 Å². The van der Waals surface area contributed by atoms with Gasteiger partial charge in [-0.2, -0.15) is 0 Å². The molecule has 0 bridgehead atoms. The maximum Gasteiger partial charge on any atom is 0.146 e. The number of anilines is 1. The summed E-state index contributed by atoms with van der Waals surface area (Å²) in [6.45, 7) is 1.30. The van der Waals surface area contributed by atoms with E-state index in [1.807, 2.05) is 0 Å². The Hall–Kier alpha value is -1.13. The number of para-hydroxylation sites is 1. The minimum absolute atomic E-state index is 0.00923. The van der Waals surface area contributed by atoms with Crippen LogP contribution in [-0.4, -0.2) is 30.5 Å². The minimum Gasteiger partial charge on any atom is -0.394 e. The molecular weight excluding hydrogens is 221 g/mol. The van der Waals surface area contributed by atoms with Crippen LogP contribution >= 0.6 is 0 Å². The van der Waals surface area contributed by atoms with E-state index in [0.717, 1.165) is 12.8 Å². The fourth-order valence-corrected chi connectivity index (χ4v) is 2.18. The lowest BCUT2D eigenvalue weighted by molar-refractivity contribution is 0.132. The van der Waals surface area contributed by atoms with Crippen molar-refractivity contribution in [2.24, 2.45) is 0 Å². The summed E-state index contributed by atoms with van der Waals surface area (Å²) in [7, 11) is 0. The molecule has 2 rings (SSSR count). The summed E-state index contributed by atoms with van der Waals surface area (Å²) in [4.78, 5) is 0. The number of ether oxygens (including phenoxy) is 1. The molecule has 0 radical (unpaired) electrons. The smallest absolute Gasteiger partial charge is 0.146 e. The Labute approximate surface area is 101 Å². The van der Waals surface area contributed by atoms with Crippen molar-refractivity contribution in [1.82, 2.24) is 0 Å². The molecule has 1 aliphatic heterocycles. The van der Waals surface area contributed by atoms with E-state index >= 15 is 0 Å². The number of hydrogen-bond donors (Lipinski definition) is 2. The van der Waals surface area contributed by atoms with Crippen molar-refractivity contribution < 1.29 is 14.2 Å². The molecule has 3 nitrogen and oxygen atoms in total. The predicted octanol–water partition coefficient (Wildman–Crippen LogP) is 2.17. The first kappa shape index (κ1) is 12.3. The molecule has 1 fully saturated rings. The number of hydrogen-bond acceptors (Lipinski definition) is 3. The highest BCUT2D eigenvalue weighted by molar-refractivity contribution is 5.47. The van der Waals surface area contributed by atoms with E-state index in [0.29, 0.717) is 25.3 Å². The quantitative estimate of drug-likeness (QED) is 0.849. The van der Waals surface area contributed by atoms with Crippen molar-refractivity contribution in [1.29, 1.82) is 0 Å². The Morgan fingerprint density at radius 2 is 2.12 bits per heavy atom. The molecular formula is C13H18FNO2. The number of aliphatic hydroxyl groups excluding tert-OH is 1. The van der Waals surface area contributed by atoms with Crippen molar-refractivity contribution >= 4 is 5.69 Å². The maximum atomic E-state index is 13.6. The van der Waals surface area contributed by atoms with Crippen molar-refractivity contribution in [3.63, 3.8) is 0 Å². The van der Waals surface area contributed by atoms with Crippen LogP contribution in [0.4, 0.5) is 10.1 Å². The summed E-state index contributed by atoms with van der Waals surface area (Å²) in [5, 5.41) is 12.7. The van der Waals surface area contributed by atoms with Gasteiger partial charge in [-0.3, -0.25) is 0 Å². The highest BCUT2D eigenvalue weighted by atomic mass is 19.1. The Bertz CT molecular complexity index is 362. The number of nitrogens with one attached hydrogen (secondary N) is 1. The van der Waals surface area contributed by atoms with Crippen LogP contribution in [-0.2, 0) is 4.74 Å². The zero-order valence-corrected chi connectivity index (χ0v) is 9.79. The van der Waals surface area contributed by atoms with Crippen LogP contribution < -0.4 is 5.32 Å². The van der Waals surface area contributed by atoms with E-state index in [4.69, 9.17) is 4.74 Å². The minimum atomic E-state index is -0.460. The Morgan fingerprint density at radius 3 is 2.88 bits per heavy atom. The normalized spacial score (nSPS) is 25.3. The zero-order chi connectivity index (χ0) is 12.1. The molecule has 0 saturated carbocycles. The fourth-order valence-electron chi connectivity index (χ4n) is 2.18. The topological polar surface area (TPSA) is 41.5 Å². The van der Waals surface area contributed by atoms with Gasteiger partial charge in [0.15, 0.2) is 0 Å². The molecule has 1 aromatic rings. The SMILES string of the molecule is OCC1(Nc2ccccc2F)CCCOCC1. The molecule has 1 aromatic carbocycles. The number of halogens is 1. The fraction of sp³-hybridized carbons (Fsp3) is 0.538. The molecule has 2 N–H and O–H groups in total. The van der Waals surface area contributed by atoms with Gasteiger partial charge in [0.1, 0.15) is 5.82 Å². The summed E-state index contributed by atoms with van der Waals surface area (Å²) < 4.78 is 19.0. The molecule has 0 amide bonds. The van der Waals surface area contributed by atoms with Crippen molar-refractivity contribution in [3.8, 4) is 0 Å². The van der Waals surface area contributed by atoms with E-state index in [1.165, 1.54) is 6.07 Å². The summed E-state index contributed by atoms with van der Waals surface area (Å²) in [6, 6.07) is 6.55. The first-order valence-electron chi connectivity index (χ1n) is 5.97. The monoisotopic (exact) mass is 239 g/mol. The summed E-state index contributed by atoms with van der Waals surface area (Å²) in [5.41, 5.74) is -0.0120. The third kappa shape index (κ3) is 2.96. The second-order valence-corrected chi connectivity index (χ2v) is 4.51. The summed E-state index contributed by atoms with van der Waals surface area (Å²) >= 11 is 0. The van der Waals surface area contributed by atoms with Crippen molar-refractivity contribution in [3.05, 3.63) is 30.1 Å². The Morgan fingerprint density at radius 1 is 1.29 bits per heavy atom.